The second-order valence-corrected chi connectivity index (χ2v) is 5.98. The van der Waals surface area contributed by atoms with Crippen LogP contribution in [0.5, 0.6) is 0 Å². The molecule has 3 atom stereocenters. The minimum absolute atomic E-state index is 0.546. The first-order valence-electron chi connectivity index (χ1n) is 5.60. The summed E-state index contributed by atoms with van der Waals surface area (Å²) < 4.78 is 0. The minimum Gasteiger partial charge on any atom is -0.303 e. The first-order chi connectivity index (χ1) is 5.93. The van der Waals surface area contributed by atoms with Gasteiger partial charge in [0.1, 0.15) is 0 Å². The molecule has 2 aliphatic carbocycles. The van der Waals surface area contributed by atoms with Crippen molar-refractivity contribution in [3.8, 4) is 0 Å². The van der Waals surface area contributed by atoms with Gasteiger partial charge in [-0.1, -0.05) is 27.2 Å². The van der Waals surface area contributed by atoms with Crippen molar-refractivity contribution in [2.24, 2.45) is 17.3 Å². The average Bonchev–Trinajstić information content (AvgIpc) is 2.50. The van der Waals surface area contributed by atoms with Crippen LogP contribution in [-0.2, 0) is 0 Å². The van der Waals surface area contributed by atoms with Crippen LogP contribution in [0, 0.1) is 17.3 Å². The van der Waals surface area contributed by atoms with E-state index in [1.807, 2.05) is 0 Å². The maximum atomic E-state index is 2.49. The normalized spacial score (nSPS) is 47.5. The topological polar surface area (TPSA) is 3.24 Å². The molecule has 0 radical (unpaired) electrons. The van der Waals surface area contributed by atoms with Crippen LogP contribution >= 0.6 is 0 Å². The molecule has 2 aliphatic rings. The fourth-order valence-corrected chi connectivity index (χ4v) is 4.10. The largest absolute Gasteiger partial charge is 0.303 e. The van der Waals surface area contributed by atoms with Crippen LogP contribution < -0.4 is 0 Å². The van der Waals surface area contributed by atoms with Crippen LogP contribution in [0.1, 0.15) is 40.0 Å². The van der Waals surface area contributed by atoms with Crippen molar-refractivity contribution in [1.29, 1.82) is 0 Å². The third-order valence-electron chi connectivity index (χ3n) is 4.89. The van der Waals surface area contributed by atoms with E-state index >= 15 is 0 Å². The third kappa shape index (κ3) is 0.971. The van der Waals surface area contributed by atoms with Gasteiger partial charge in [-0.2, -0.15) is 0 Å². The van der Waals surface area contributed by atoms with Crippen molar-refractivity contribution in [3.05, 3.63) is 0 Å². The second-order valence-electron chi connectivity index (χ2n) is 5.98. The lowest BCUT2D eigenvalue weighted by Gasteiger charge is -2.34. The van der Waals surface area contributed by atoms with Crippen molar-refractivity contribution in [2.45, 2.75) is 45.6 Å². The monoisotopic (exact) mass is 181 g/mol. The van der Waals surface area contributed by atoms with Crippen molar-refractivity contribution < 1.29 is 0 Å². The van der Waals surface area contributed by atoms with Gasteiger partial charge in [0.15, 0.2) is 0 Å². The molecule has 0 aromatic heterocycles. The van der Waals surface area contributed by atoms with Crippen LogP contribution in [0.4, 0.5) is 0 Å². The first-order valence-corrected chi connectivity index (χ1v) is 5.60. The summed E-state index contributed by atoms with van der Waals surface area (Å²) in [5.74, 6) is 1.90. The Balaban J connectivity index is 2.25. The Morgan fingerprint density at radius 1 is 1.15 bits per heavy atom. The zero-order valence-corrected chi connectivity index (χ0v) is 9.72. The summed E-state index contributed by atoms with van der Waals surface area (Å²) in [7, 11) is 4.53. The molecule has 0 amide bonds. The summed E-state index contributed by atoms with van der Waals surface area (Å²) in [6, 6.07) is 0. The standard InChI is InChI=1S/C12H23N/c1-9-6-7-10-11(2,3)12(10,8-9)13(4)5/h9-10H,6-8H2,1-5H3. The number of rotatable bonds is 1. The molecule has 0 aromatic rings. The van der Waals surface area contributed by atoms with Gasteiger partial charge in [-0.15, -0.1) is 0 Å². The van der Waals surface area contributed by atoms with Crippen LogP contribution in [-0.4, -0.2) is 24.5 Å². The van der Waals surface area contributed by atoms with E-state index in [1.165, 1.54) is 19.3 Å². The Morgan fingerprint density at radius 2 is 1.77 bits per heavy atom. The van der Waals surface area contributed by atoms with Crippen LogP contribution in [0.25, 0.3) is 0 Å². The molecule has 2 rings (SSSR count). The first kappa shape index (κ1) is 9.51. The molecule has 3 unspecified atom stereocenters. The maximum Gasteiger partial charge on any atom is 0.0294 e. The van der Waals surface area contributed by atoms with Gasteiger partial charge in [0.05, 0.1) is 0 Å². The van der Waals surface area contributed by atoms with Gasteiger partial charge in [-0.05, 0) is 44.2 Å². The molecular weight excluding hydrogens is 158 g/mol. The Kier molecular flexibility index (Phi) is 1.83. The zero-order valence-electron chi connectivity index (χ0n) is 9.72. The van der Waals surface area contributed by atoms with Crippen LogP contribution in [0.2, 0.25) is 0 Å². The second kappa shape index (κ2) is 2.50. The fraction of sp³-hybridized carbons (Fsp3) is 1.00. The van der Waals surface area contributed by atoms with E-state index in [0.29, 0.717) is 11.0 Å². The van der Waals surface area contributed by atoms with Crippen molar-refractivity contribution in [2.75, 3.05) is 14.1 Å². The number of nitrogens with zero attached hydrogens (tertiary/aromatic N) is 1. The van der Waals surface area contributed by atoms with Gasteiger partial charge >= 0.3 is 0 Å². The van der Waals surface area contributed by atoms with E-state index in [0.717, 1.165) is 11.8 Å². The Morgan fingerprint density at radius 3 is 2.23 bits per heavy atom. The summed E-state index contributed by atoms with van der Waals surface area (Å²) in [5, 5.41) is 0. The molecule has 2 saturated carbocycles. The highest BCUT2D eigenvalue weighted by atomic mass is 15.2. The summed E-state index contributed by atoms with van der Waals surface area (Å²) in [6.07, 6.45) is 4.31. The summed E-state index contributed by atoms with van der Waals surface area (Å²) in [4.78, 5) is 2.49. The third-order valence-corrected chi connectivity index (χ3v) is 4.89. The Hall–Kier alpha value is -0.0400. The predicted octanol–water partition coefficient (Wildman–Crippen LogP) is 2.76. The quantitative estimate of drug-likeness (QED) is 0.601. The number of fused-ring (bicyclic) bond motifs is 1. The van der Waals surface area contributed by atoms with Gasteiger partial charge < -0.3 is 4.90 Å². The highest BCUT2D eigenvalue weighted by Gasteiger charge is 2.72. The van der Waals surface area contributed by atoms with E-state index in [9.17, 15) is 0 Å². The highest BCUT2D eigenvalue weighted by molar-refractivity contribution is 5.25. The van der Waals surface area contributed by atoms with E-state index in [-0.39, 0.29) is 0 Å². The predicted molar refractivity (Wildman–Crippen MR) is 56.7 cm³/mol. The van der Waals surface area contributed by atoms with E-state index in [1.54, 1.807) is 0 Å². The summed E-state index contributed by atoms with van der Waals surface area (Å²) >= 11 is 0. The maximum absolute atomic E-state index is 2.49. The zero-order chi connectivity index (χ0) is 9.85. The van der Waals surface area contributed by atoms with E-state index in [2.05, 4.69) is 39.8 Å². The molecule has 0 aromatic carbocycles. The van der Waals surface area contributed by atoms with Crippen molar-refractivity contribution in [1.82, 2.24) is 4.90 Å². The molecule has 0 spiro atoms. The van der Waals surface area contributed by atoms with Gasteiger partial charge in [0, 0.05) is 5.54 Å². The minimum atomic E-state index is 0.546. The average molecular weight is 181 g/mol. The molecule has 0 heterocycles. The summed E-state index contributed by atoms with van der Waals surface area (Å²) in [6.45, 7) is 7.32. The molecule has 1 heteroatoms. The molecule has 1 nitrogen and oxygen atoms in total. The van der Waals surface area contributed by atoms with Crippen molar-refractivity contribution in [3.63, 3.8) is 0 Å². The van der Waals surface area contributed by atoms with Gasteiger partial charge in [0.2, 0.25) is 0 Å². The fourth-order valence-electron chi connectivity index (χ4n) is 4.10. The van der Waals surface area contributed by atoms with Crippen LogP contribution in [0.15, 0.2) is 0 Å². The number of hydrogen-bond donors (Lipinski definition) is 0. The molecule has 76 valence electrons. The van der Waals surface area contributed by atoms with Gasteiger partial charge in [-0.3, -0.25) is 0 Å². The van der Waals surface area contributed by atoms with E-state index < -0.39 is 0 Å². The Bertz CT molecular complexity index is 219. The van der Waals surface area contributed by atoms with Gasteiger partial charge in [0.25, 0.3) is 0 Å². The number of hydrogen-bond acceptors (Lipinski definition) is 1. The molecule has 0 aliphatic heterocycles. The molecule has 0 saturated heterocycles. The lowest BCUT2D eigenvalue weighted by atomic mass is 9.86. The smallest absolute Gasteiger partial charge is 0.0294 e. The van der Waals surface area contributed by atoms with Crippen molar-refractivity contribution >= 4 is 0 Å². The highest BCUT2D eigenvalue weighted by Crippen LogP contribution is 2.71. The Labute approximate surface area is 82.5 Å². The lowest BCUT2D eigenvalue weighted by Crippen LogP contribution is -2.39. The summed E-state index contributed by atoms with van der Waals surface area (Å²) in [5.41, 5.74) is 1.12. The lowest BCUT2D eigenvalue weighted by molar-refractivity contribution is 0.154. The molecule has 0 N–H and O–H groups in total. The van der Waals surface area contributed by atoms with Gasteiger partial charge in [-0.25, -0.2) is 0 Å². The van der Waals surface area contributed by atoms with E-state index in [4.69, 9.17) is 0 Å². The molecule has 0 bridgehead atoms. The molecular formula is C12H23N. The molecule has 2 fully saturated rings. The SMILES string of the molecule is CC1CCC2C(C)(C)C2(N(C)C)C1. The molecule has 13 heavy (non-hydrogen) atoms. The van der Waals surface area contributed by atoms with Crippen LogP contribution in [0.3, 0.4) is 0 Å².